The van der Waals surface area contributed by atoms with Crippen LogP contribution in [0.2, 0.25) is 0 Å². The van der Waals surface area contributed by atoms with Crippen molar-refractivity contribution >= 4 is 34.3 Å². The first-order valence-electron chi connectivity index (χ1n) is 9.55. The van der Waals surface area contributed by atoms with E-state index in [0.29, 0.717) is 22.0 Å². The number of aliphatic hydroxyl groups excluding tert-OH is 1. The van der Waals surface area contributed by atoms with E-state index in [0.717, 1.165) is 5.69 Å². The van der Waals surface area contributed by atoms with Gasteiger partial charge in [0.25, 0.3) is 5.56 Å². The number of fused-ring (bicyclic) bond motifs is 1. The number of thioether (sulfide) groups is 1. The topological polar surface area (TPSA) is 84.2 Å². The molecule has 0 radical (unpaired) electrons. The molecule has 3 rings (SSSR count). The van der Waals surface area contributed by atoms with Crippen molar-refractivity contribution in [1.82, 2.24) is 9.55 Å². The lowest BCUT2D eigenvalue weighted by Crippen LogP contribution is -2.28. The fourth-order valence-electron chi connectivity index (χ4n) is 2.96. The number of aliphatic hydroxyl groups is 1. The van der Waals surface area contributed by atoms with Crippen LogP contribution < -0.4 is 10.9 Å². The molecule has 0 bridgehead atoms. The Morgan fingerprint density at radius 1 is 1.14 bits per heavy atom. The van der Waals surface area contributed by atoms with Gasteiger partial charge in [-0.05, 0) is 42.7 Å². The SMILES string of the molecule is CC(O)Cn1c(SCC(=O)Nc2ccc(C(C)C)cc2)nc2ccccc2c1=O. The fourth-order valence-corrected chi connectivity index (χ4v) is 3.77. The molecule has 7 heteroatoms. The number of hydrogen-bond donors (Lipinski definition) is 2. The first-order valence-corrected chi connectivity index (χ1v) is 10.5. The second-order valence-corrected chi connectivity index (χ2v) is 8.23. The van der Waals surface area contributed by atoms with Crippen molar-refractivity contribution in [2.75, 3.05) is 11.1 Å². The summed E-state index contributed by atoms with van der Waals surface area (Å²) in [5, 5.41) is 13.6. The Bertz CT molecular complexity index is 1060. The molecule has 152 valence electrons. The van der Waals surface area contributed by atoms with Crippen molar-refractivity contribution in [2.45, 2.75) is 44.5 Å². The minimum atomic E-state index is -0.705. The summed E-state index contributed by atoms with van der Waals surface area (Å²) in [6.07, 6.45) is -0.705. The lowest BCUT2D eigenvalue weighted by molar-refractivity contribution is -0.113. The number of carbonyl (C=O) groups excluding carboxylic acids is 1. The largest absolute Gasteiger partial charge is 0.392 e. The van der Waals surface area contributed by atoms with Crippen LogP contribution in [0.1, 0.15) is 32.3 Å². The van der Waals surface area contributed by atoms with E-state index in [1.54, 1.807) is 25.1 Å². The zero-order valence-electron chi connectivity index (χ0n) is 16.8. The van der Waals surface area contributed by atoms with Gasteiger partial charge in [-0.1, -0.05) is 49.9 Å². The van der Waals surface area contributed by atoms with E-state index in [9.17, 15) is 14.7 Å². The minimum absolute atomic E-state index is 0.108. The van der Waals surface area contributed by atoms with Crippen molar-refractivity contribution in [3.05, 3.63) is 64.4 Å². The molecule has 2 N–H and O–H groups in total. The molecule has 0 saturated carbocycles. The predicted octanol–water partition coefficient (Wildman–Crippen LogP) is 3.63. The van der Waals surface area contributed by atoms with Gasteiger partial charge in [0.1, 0.15) is 0 Å². The molecule has 0 fully saturated rings. The number of hydrogen-bond acceptors (Lipinski definition) is 5. The molecule has 29 heavy (non-hydrogen) atoms. The van der Waals surface area contributed by atoms with Gasteiger partial charge < -0.3 is 10.4 Å². The molecule has 1 heterocycles. The highest BCUT2D eigenvalue weighted by Gasteiger charge is 2.14. The average molecular weight is 412 g/mol. The van der Waals surface area contributed by atoms with Crippen molar-refractivity contribution < 1.29 is 9.90 Å². The van der Waals surface area contributed by atoms with Crippen LogP contribution in [0.25, 0.3) is 10.9 Å². The summed E-state index contributed by atoms with van der Waals surface area (Å²) in [5.74, 6) is 0.356. The Kier molecular flexibility index (Phi) is 6.71. The lowest BCUT2D eigenvalue weighted by Gasteiger charge is -2.14. The normalized spacial score (nSPS) is 12.3. The van der Waals surface area contributed by atoms with Crippen LogP contribution in [0, 0.1) is 0 Å². The van der Waals surface area contributed by atoms with Gasteiger partial charge >= 0.3 is 0 Å². The monoisotopic (exact) mass is 411 g/mol. The molecular formula is C22H25N3O3S. The fraction of sp³-hybridized carbons (Fsp3) is 0.318. The van der Waals surface area contributed by atoms with Crippen molar-refractivity contribution in [1.29, 1.82) is 0 Å². The van der Waals surface area contributed by atoms with Gasteiger partial charge in [-0.25, -0.2) is 4.98 Å². The number of rotatable bonds is 7. The first-order chi connectivity index (χ1) is 13.8. The maximum atomic E-state index is 12.8. The second kappa shape index (κ2) is 9.24. The number of amides is 1. The molecule has 2 aromatic carbocycles. The standard InChI is InChI=1S/C22H25N3O3S/c1-14(2)16-8-10-17(11-9-16)23-20(27)13-29-22-24-19-7-5-4-6-18(19)21(28)25(22)12-15(3)26/h4-11,14-15,26H,12-13H2,1-3H3,(H,23,27). The van der Waals surface area contributed by atoms with E-state index in [-0.39, 0.29) is 23.8 Å². The van der Waals surface area contributed by atoms with Crippen molar-refractivity contribution in [2.24, 2.45) is 0 Å². The third-order valence-corrected chi connectivity index (χ3v) is 5.44. The second-order valence-electron chi connectivity index (χ2n) is 7.29. The van der Waals surface area contributed by atoms with Gasteiger partial charge in [0.15, 0.2) is 5.16 Å². The van der Waals surface area contributed by atoms with Crippen LogP contribution in [-0.4, -0.2) is 32.4 Å². The van der Waals surface area contributed by atoms with Gasteiger partial charge in [0, 0.05) is 5.69 Å². The summed E-state index contributed by atoms with van der Waals surface area (Å²) in [4.78, 5) is 29.7. The van der Waals surface area contributed by atoms with Gasteiger partial charge in [-0.15, -0.1) is 0 Å². The zero-order valence-corrected chi connectivity index (χ0v) is 17.6. The summed E-state index contributed by atoms with van der Waals surface area (Å²) >= 11 is 1.18. The van der Waals surface area contributed by atoms with Crippen molar-refractivity contribution in [3.8, 4) is 0 Å². The van der Waals surface area contributed by atoms with Crippen molar-refractivity contribution in [3.63, 3.8) is 0 Å². The number of benzene rings is 2. The summed E-state index contributed by atoms with van der Waals surface area (Å²) in [5.41, 5.74) is 2.29. The molecule has 1 aromatic heterocycles. The molecule has 0 aliphatic carbocycles. The Morgan fingerprint density at radius 2 is 1.83 bits per heavy atom. The van der Waals surface area contributed by atoms with Crippen LogP contribution >= 0.6 is 11.8 Å². The van der Waals surface area contributed by atoms with E-state index < -0.39 is 6.10 Å². The van der Waals surface area contributed by atoms with Crippen LogP contribution in [-0.2, 0) is 11.3 Å². The maximum absolute atomic E-state index is 12.8. The van der Waals surface area contributed by atoms with Crippen LogP contribution in [0.5, 0.6) is 0 Å². The smallest absolute Gasteiger partial charge is 0.262 e. The van der Waals surface area contributed by atoms with Crippen LogP contribution in [0.3, 0.4) is 0 Å². The highest BCUT2D eigenvalue weighted by molar-refractivity contribution is 7.99. The molecule has 1 unspecified atom stereocenters. The number of para-hydroxylation sites is 1. The van der Waals surface area contributed by atoms with E-state index in [1.807, 2.05) is 30.3 Å². The molecule has 1 atom stereocenters. The summed E-state index contributed by atoms with van der Waals surface area (Å²) in [6, 6.07) is 14.8. The molecular weight excluding hydrogens is 386 g/mol. The van der Waals surface area contributed by atoms with Crippen LogP contribution in [0.15, 0.2) is 58.5 Å². The quantitative estimate of drug-likeness (QED) is 0.458. The van der Waals surface area contributed by atoms with Gasteiger partial charge in [0.05, 0.1) is 29.3 Å². The van der Waals surface area contributed by atoms with Gasteiger partial charge in [0.2, 0.25) is 5.91 Å². The summed E-state index contributed by atoms with van der Waals surface area (Å²) < 4.78 is 1.43. The minimum Gasteiger partial charge on any atom is -0.392 e. The van der Waals surface area contributed by atoms with E-state index >= 15 is 0 Å². The third kappa shape index (κ3) is 5.25. The summed E-state index contributed by atoms with van der Waals surface area (Å²) in [7, 11) is 0. The lowest BCUT2D eigenvalue weighted by atomic mass is 10.0. The Hall–Kier alpha value is -2.64. The number of nitrogens with zero attached hydrogens (tertiary/aromatic N) is 2. The van der Waals surface area contributed by atoms with E-state index in [2.05, 4.69) is 24.1 Å². The first kappa shape index (κ1) is 21.1. The van der Waals surface area contributed by atoms with E-state index in [4.69, 9.17) is 0 Å². The molecule has 0 aliphatic heterocycles. The average Bonchev–Trinajstić information content (AvgIpc) is 2.69. The Morgan fingerprint density at radius 3 is 2.48 bits per heavy atom. The number of carbonyl (C=O) groups is 1. The van der Waals surface area contributed by atoms with Gasteiger partial charge in [-0.3, -0.25) is 14.2 Å². The highest BCUT2D eigenvalue weighted by Crippen LogP contribution is 2.20. The molecule has 3 aromatic rings. The molecule has 0 saturated heterocycles. The molecule has 0 aliphatic rings. The third-order valence-electron chi connectivity index (χ3n) is 4.47. The van der Waals surface area contributed by atoms with E-state index in [1.165, 1.54) is 21.9 Å². The van der Waals surface area contributed by atoms with Crippen LogP contribution in [0.4, 0.5) is 5.69 Å². The maximum Gasteiger partial charge on any atom is 0.262 e. The summed E-state index contributed by atoms with van der Waals surface area (Å²) in [6.45, 7) is 5.97. The molecule has 0 spiro atoms. The Labute approximate surface area is 174 Å². The highest BCUT2D eigenvalue weighted by atomic mass is 32.2. The molecule has 1 amide bonds. The number of aromatic nitrogens is 2. The van der Waals surface area contributed by atoms with Gasteiger partial charge in [-0.2, -0.15) is 0 Å². The molecule has 6 nitrogen and oxygen atoms in total. The predicted molar refractivity (Wildman–Crippen MR) is 118 cm³/mol. The zero-order chi connectivity index (χ0) is 21.0. The number of anilines is 1. The Balaban J connectivity index is 1.76. The number of nitrogens with one attached hydrogen (secondary N) is 1.